The molecule has 0 bridgehead atoms. The van der Waals surface area contributed by atoms with E-state index in [2.05, 4.69) is 39.4 Å². The van der Waals surface area contributed by atoms with Crippen molar-refractivity contribution < 1.29 is 4.74 Å². The van der Waals surface area contributed by atoms with Crippen molar-refractivity contribution in [2.75, 3.05) is 20.2 Å². The molecule has 27 heavy (non-hydrogen) atoms. The summed E-state index contributed by atoms with van der Waals surface area (Å²) in [6, 6.07) is 16.4. The molecule has 2 heterocycles. The van der Waals surface area contributed by atoms with Gasteiger partial charge < -0.3 is 4.74 Å². The smallest absolute Gasteiger partial charge is 0.118 e. The maximum atomic E-state index is 6.04. The highest BCUT2D eigenvalue weighted by atomic mass is 35.5. The molecule has 0 saturated carbocycles. The van der Waals surface area contributed by atoms with E-state index in [-0.39, 0.29) is 0 Å². The molecule has 1 atom stereocenters. The molecule has 3 aromatic rings. The summed E-state index contributed by atoms with van der Waals surface area (Å²) in [5, 5.41) is 8.35. The van der Waals surface area contributed by atoms with Crippen LogP contribution in [0, 0.1) is 0 Å². The van der Waals surface area contributed by atoms with Gasteiger partial charge in [0.1, 0.15) is 5.75 Å². The predicted molar refractivity (Wildman–Crippen MR) is 109 cm³/mol. The molecular weight excluding hydrogens is 358 g/mol. The molecule has 140 valence electrons. The SMILES string of the molecule is COc1ccc(CN2CCC[C@H](c3[nH]ncc3-c3ccc(Cl)cc3)C2)cc1. The summed E-state index contributed by atoms with van der Waals surface area (Å²) in [6.45, 7) is 3.13. The van der Waals surface area contributed by atoms with Crippen molar-refractivity contribution in [1.82, 2.24) is 15.1 Å². The fraction of sp³-hybridized carbons (Fsp3) is 0.318. The zero-order valence-corrected chi connectivity index (χ0v) is 16.2. The average Bonchev–Trinajstić information content (AvgIpc) is 3.19. The van der Waals surface area contributed by atoms with Gasteiger partial charge in [0.05, 0.1) is 13.3 Å². The summed E-state index contributed by atoms with van der Waals surface area (Å²) < 4.78 is 5.25. The van der Waals surface area contributed by atoms with Gasteiger partial charge in [-0.3, -0.25) is 10.00 Å². The van der Waals surface area contributed by atoms with E-state index in [1.807, 2.05) is 30.5 Å². The van der Waals surface area contributed by atoms with Crippen molar-refractivity contribution in [3.63, 3.8) is 0 Å². The van der Waals surface area contributed by atoms with Crippen LogP contribution in [0.15, 0.2) is 54.7 Å². The van der Waals surface area contributed by atoms with Gasteiger partial charge in [0, 0.05) is 35.3 Å². The van der Waals surface area contributed by atoms with Crippen molar-refractivity contribution in [3.05, 3.63) is 71.0 Å². The Kier molecular flexibility index (Phi) is 5.46. The first-order chi connectivity index (χ1) is 13.2. The van der Waals surface area contributed by atoms with Gasteiger partial charge >= 0.3 is 0 Å². The van der Waals surface area contributed by atoms with E-state index in [0.29, 0.717) is 5.92 Å². The molecule has 1 fully saturated rings. The van der Waals surface area contributed by atoms with Crippen molar-refractivity contribution in [2.24, 2.45) is 0 Å². The van der Waals surface area contributed by atoms with E-state index in [4.69, 9.17) is 16.3 Å². The van der Waals surface area contributed by atoms with Gasteiger partial charge in [0.15, 0.2) is 0 Å². The van der Waals surface area contributed by atoms with Crippen molar-refractivity contribution in [3.8, 4) is 16.9 Å². The highest BCUT2D eigenvalue weighted by Gasteiger charge is 2.25. The largest absolute Gasteiger partial charge is 0.497 e. The molecular formula is C22H24ClN3O. The number of aromatic nitrogens is 2. The van der Waals surface area contributed by atoms with Crippen LogP contribution in [0.2, 0.25) is 5.02 Å². The molecule has 4 nitrogen and oxygen atoms in total. The third kappa shape index (κ3) is 4.18. The summed E-state index contributed by atoms with van der Waals surface area (Å²) in [6.07, 6.45) is 4.31. The lowest BCUT2D eigenvalue weighted by Crippen LogP contribution is -2.34. The molecule has 1 saturated heterocycles. The lowest BCUT2D eigenvalue weighted by Gasteiger charge is -2.32. The lowest BCUT2D eigenvalue weighted by atomic mass is 9.90. The van der Waals surface area contributed by atoms with Crippen LogP contribution in [0.1, 0.15) is 30.0 Å². The van der Waals surface area contributed by atoms with Crippen molar-refractivity contribution in [1.29, 1.82) is 0 Å². The zero-order chi connectivity index (χ0) is 18.6. The molecule has 2 aromatic carbocycles. The Labute approximate surface area is 165 Å². The fourth-order valence-corrected chi connectivity index (χ4v) is 4.02. The van der Waals surface area contributed by atoms with Gasteiger partial charge in [0.2, 0.25) is 0 Å². The number of ether oxygens (including phenoxy) is 1. The maximum absolute atomic E-state index is 6.04. The van der Waals surface area contributed by atoms with Gasteiger partial charge in [-0.2, -0.15) is 5.10 Å². The van der Waals surface area contributed by atoms with Crippen molar-refractivity contribution in [2.45, 2.75) is 25.3 Å². The third-order valence-corrected chi connectivity index (χ3v) is 5.56. The Hall–Kier alpha value is -2.30. The standard InChI is InChI=1S/C22H24ClN3O/c1-27-20-10-4-16(5-11-20)14-26-12-2-3-18(15-26)22-21(13-24-25-22)17-6-8-19(23)9-7-17/h4-11,13,18H,2-3,12,14-15H2,1H3,(H,24,25)/t18-/m0/s1. The highest BCUT2D eigenvalue weighted by molar-refractivity contribution is 6.30. The van der Waals surface area contributed by atoms with Gasteiger partial charge in [-0.1, -0.05) is 35.9 Å². The summed E-state index contributed by atoms with van der Waals surface area (Å²) in [7, 11) is 1.70. The number of rotatable bonds is 5. The topological polar surface area (TPSA) is 41.1 Å². The number of hydrogen-bond donors (Lipinski definition) is 1. The molecule has 1 N–H and O–H groups in total. The first-order valence-electron chi connectivity index (χ1n) is 9.37. The number of piperidine rings is 1. The number of aromatic amines is 1. The zero-order valence-electron chi connectivity index (χ0n) is 15.5. The Morgan fingerprint density at radius 3 is 2.67 bits per heavy atom. The Morgan fingerprint density at radius 2 is 1.93 bits per heavy atom. The number of halogens is 1. The minimum Gasteiger partial charge on any atom is -0.497 e. The van der Waals surface area contributed by atoms with Crippen LogP contribution in [0.5, 0.6) is 5.75 Å². The van der Waals surface area contributed by atoms with Gasteiger partial charge in [0.25, 0.3) is 0 Å². The lowest BCUT2D eigenvalue weighted by molar-refractivity contribution is 0.198. The van der Waals surface area contributed by atoms with Gasteiger partial charge in [-0.25, -0.2) is 0 Å². The number of benzene rings is 2. The van der Waals surface area contributed by atoms with Crippen LogP contribution in [0.3, 0.4) is 0 Å². The van der Waals surface area contributed by atoms with Crippen LogP contribution in [0.25, 0.3) is 11.1 Å². The quantitative estimate of drug-likeness (QED) is 0.667. The van der Waals surface area contributed by atoms with Crippen LogP contribution in [0.4, 0.5) is 0 Å². The molecule has 1 aromatic heterocycles. The molecule has 1 aliphatic heterocycles. The summed E-state index contributed by atoms with van der Waals surface area (Å²) >= 11 is 6.04. The summed E-state index contributed by atoms with van der Waals surface area (Å²) in [5.41, 5.74) is 4.90. The highest BCUT2D eigenvalue weighted by Crippen LogP contribution is 2.33. The van der Waals surface area contributed by atoms with E-state index in [1.54, 1.807) is 7.11 Å². The van der Waals surface area contributed by atoms with E-state index in [9.17, 15) is 0 Å². The number of methoxy groups -OCH3 is 1. The second kappa shape index (κ2) is 8.15. The van der Waals surface area contributed by atoms with E-state index >= 15 is 0 Å². The van der Waals surface area contributed by atoms with Crippen LogP contribution in [-0.4, -0.2) is 35.3 Å². The number of H-pyrrole nitrogens is 1. The average molecular weight is 382 g/mol. The van der Waals surface area contributed by atoms with Gasteiger partial charge in [-0.15, -0.1) is 0 Å². The predicted octanol–water partition coefficient (Wildman–Crippen LogP) is 5.12. The van der Waals surface area contributed by atoms with Crippen LogP contribution in [-0.2, 0) is 6.54 Å². The second-order valence-electron chi connectivity index (χ2n) is 7.13. The molecule has 0 aliphatic carbocycles. The van der Waals surface area contributed by atoms with Crippen LogP contribution >= 0.6 is 11.6 Å². The number of likely N-dealkylation sites (tertiary alicyclic amines) is 1. The van der Waals surface area contributed by atoms with E-state index in [0.717, 1.165) is 36.0 Å². The first-order valence-corrected chi connectivity index (χ1v) is 9.75. The first kappa shape index (κ1) is 18.1. The third-order valence-electron chi connectivity index (χ3n) is 5.30. The number of nitrogens with one attached hydrogen (secondary N) is 1. The fourth-order valence-electron chi connectivity index (χ4n) is 3.89. The van der Waals surface area contributed by atoms with E-state index in [1.165, 1.54) is 29.7 Å². The molecule has 0 amide bonds. The normalized spacial score (nSPS) is 17.8. The number of nitrogens with zero attached hydrogens (tertiary/aromatic N) is 2. The molecule has 5 heteroatoms. The van der Waals surface area contributed by atoms with Gasteiger partial charge in [-0.05, 0) is 54.8 Å². The Balaban J connectivity index is 1.48. The second-order valence-corrected chi connectivity index (χ2v) is 7.56. The number of hydrogen-bond acceptors (Lipinski definition) is 3. The molecule has 0 spiro atoms. The Bertz CT molecular complexity index is 873. The van der Waals surface area contributed by atoms with E-state index < -0.39 is 0 Å². The monoisotopic (exact) mass is 381 g/mol. The van der Waals surface area contributed by atoms with Crippen molar-refractivity contribution >= 4 is 11.6 Å². The minimum atomic E-state index is 0.463. The molecule has 1 aliphatic rings. The maximum Gasteiger partial charge on any atom is 0.118 e. The molecule has 0 unspecified atom stereocenters. The summed E-state index contributed by atoms with van der Waals surface area (Å²) in [5.74, 6) is 1.37. The Morgan fingerprint density at radius 1 is 1.15 bits per heavy atom. The minimum absolute atomic E-state index is 0.463. The molecule has 4 rings (SSSR count). The molecule has 0 radical (unpaired) electrons. The van der Waals surface area contributed by atoms with Crippen LogP contribution < -0.4 is 4.74 Å². The summed E-state index contributed by atoms with van der Waals surface area (Å²) in [4.78, 5) is 2.53.